The second-order valence-corrected chi connectivity index (χ2v) is 6.60. The summed E-state index contributed by atoms with van der Waals surface area (Å²) in [5.74, 6) is 0. The van der Waals surface area contributed by atoms with Gasteiger partial charge in [0, 0.05) is 5.56 Å². The third-order valence-corrected chi connectivity index (χ3v) is 3.77. The highest BCUT2D eigenvalue weighted by Gasteiger charge is 2.39. The Bertz CT molecular complexity index is 761. The normalized spacial score (nSPS) is 18.8. The van der Waals surface area contributed by atoms with E-state index in [2.05, 4.69) is 28.4 Å². The zero-order valence-electron chi connectivity index (χ0n) is 13.0. The molecule has 4 rings (SSSR count). The number of nitrogens with zero attached hydrogens (tertiary/aromatic N) is 2. The van der Waals surface area contributed by atoms with E-state index in [4.69, 9.17) is 9.73 Å². The summed E-state index contributed by atoms with van der Waals surface area (Å²) >= 11 is 0. The Balaban J connectivity index is 1.87. The zero-order chi connectivity index (χ0) is 15.3. The number of anilines is 2. The lowest BCUT2D eigenvalue weighted by atomic mass is 10.1. The van der Waals surface area contributed by atoms with Crippen LogP contribution < -0.4 is 10.2 Å². The molecular weight excluding hydrogens is 274 g/mol. The van der Waals surface area contributed by atoms with E-state index in [9.17, 15) is 0 Å². The van der Waals surface area contributed by atoms with Crippen LogP contribution >= 0.6 is 0 Å². The number of para-hydroxylation sites is 3. The van der Waals surface area contributed by atoms with Gasteiger partial charge in [0.1, 0.15) is 11.8 Å². The fourth-order valence-corrected chi connectivity index (χ4v) is 2.91. The summed E-state index contributed by atoms with van der Waals surface area (Å²) in [7, 11) is 0. The highest BCUT2D eigenvalue weighted by molar-refractivity contribution is 6.02. The summed E-state index contributed by atoms with van der Waals surface area (Å²) in [6, 6.07) is 17.1. The van der Waals surface area contributed by atoms with Gasteiger partial charge in [0.2, 0.25) is 0 Å². The lowest BCUT2D eigenvalue weighted by Crippen LogP contribution is -2.41. The van der Waals surface area contributed by atoms with Crippen LogP contribution in [0.4, 0.5) is 17.1 Å². The molecule has 0 saturated carbocycles. The number of hydrogen-bond donors (Lipinski definition) is 1. The smallest absolute Gasteiger partial charge is 0.299 e. The Kier molecular flexibility index (Phi) is 2.70. The molecule has 2 aliphatic rings. The topological polar surface area (TPSA) is 36.9 Å². The standard InChI is InChI=1S/C18H19N3O/c1-18(2,3)22-17-20-13-9-5-4-8-12(13)16-19-14-10-6-7-11-15(14)21(16)17/h4-11,16,19H,1-3H3. The predicted octanol–water partition coefficient (Wildman–Crippen LogP) is 4.43. The first-order chi connectivity index (χ1) is 10.5. The molecule has 22 heavy (non-hydrogen) atoms. The summed E-state index contributed by atoms with van der Waals surface area (Å²) in [6.07, 6.45) is 0.0310. The van der Waals surface area contributed by atoms with Gasteiger partial charge >= 0.3 is 0 Å². The van der Waals surface area contributed by atoms with Crippen molar-refractivity contribution in [2.75, 3.05) is 10.2 Å². The molecule has 0 saturated heterocycles. The first kappa shape index (κ1) is 13.2. The molecule has 2 heterocycles. The van der Waals surface area contributed by atoms with Gasteiger partial charge in [-0.15, -0.1) is 0 Å². The maximum Gasteiger partial charge on any atom is 0.299 e. The Hall–Kier alpha value is -2.49. The van der Waals surface area contributed by atoms with Crippen molar-refractivity contribution >= 4 is 23.1 Å². The number of rotatable bonds is 0. The first-order valence-corrected chi connectivity index (χ1v) is 7.54. The minimum absolute atomic E-state index is 0.0310. The second kappa shape index (κ2) is 4.50. The lowest BCUT2D eigenvalue weighted by molar-refractivity contribution is 0.111. The van der Waals surface area contributed by atoms with Gasteiger partial charge in [0.05, 0.1) is 17.1 Å². The quantitative estimate of drug-likeness (QED) is 0.780. The van der Waals surface area contributed by atoms with Crippen LogP contribution in [0.3, 0.4) is 0 Å². The van der Waals surface area contributed by atoms with Gasteiger partial charge in [0.15, 0.2) is 0 Å². The number of fused-ring (bicyclic) bond motifs is 5. The number of aliphatic imine (C=N–C) groups is 1. The van der Waals surface area contributed by atoms with Crippen LogP contribution in [0.5, 0.6) is 0 Å². The Morgan fingerprint density at radius 3 is 2.59 bits per heavy atom. The van der Waals surface area contributed by atoms with Crippen LogP contribution in [0.2, 0.25) is 0 Å². The molecule has 0 bridgehead atoms. The average Bonchev–Trinajstić information content (AvgIpc) is 2.85. The molecule has 2 aromatic carbocycles. The van der Waals surface area contributed by atoms with Crippen molar-refractivity contribution in [3.63, 3.8) is 0 Å². The van der Waals surface area contributed by atoms with Crippen molar-refractivity contribution in [2.45, 2.75) is 32.5 Å². The fourth-order valence-electron chi connectivity index (χ4n) is 2.91. The van der Waals surface area contributed by atoms with Crippen molar-refractivity contribution in [3.8, 4) is 0 Å². The van der Waals surface area contributed by atoms with E-state index in [1.54, 1.807) is 0 Å². The summed E-state index contributed by atoms with van der Waals surface area (Å²) in [5, 5.41) is 3.57. The number of ether oxygens (including phenoxy) is 1. The summed E-state index contributed by atoms with van der Waals surface area (Å²) in [6.45, 7) is 6.13. The van der Waals surface area contributed by atoms with Gasteiger partial charge in [-0.25, -0.2) is 0 Å². The molecule has 0 fully saturated rings. The van der Waals surface area contributed by atoms with Crippen LogP contribution in [0.15, 0.2) is 53.5 Å². The summed E-state index contributed by atoms with van der Waals surface area (Å²) < 4.78 is 6.14. The SMILES string of the molecule is CC(C)(C)OC1=Nc2ccccc2C2Nc3ccccc3N12. The van der Waals surface area contributed by atoms with Gasteiger partial charge in [-0.1, -0.05) is 30.3 Å². The van der Waals surface area contributed by atoms with Crippen molar-refractivity contribution in [2.24, 2.45) is 4.99 Å². The number of hydrogen-bond acceptors (Lipinski definition) is 4. The minimum Gasteiger partial charge on any atom is -0.459 e. The van der Waals surface area contributed by atoms with Crippen molar-refractivity contribution in [1.29, 1.82) is 0 Å². The summed E-state index contributed by atoms with van der Waals surface area (Å²) in [4.78, 5) is 6.89. The predicted molar refractivity (Wildman–Crippen MR) is 89.7 cm³/mol. The largest absolute Gasteiger partial charge is 0.459 e. The van der Waals surface area contributed by atoms with Gasteiger partial charge < -0.3 is 10.1 Å². The number of nitrogens with one attached hydrogen (secondary N) is 1. The van der Waals surface area contributed by atoms with E-state index in [-0.39, 0.29) is 11.8 Å². The maximum absolute atomic E-state index is 6.14. The Labute approximate surface area is 130 Å². The molecular formula is C18H19N3O. The molecule has 1 atom stereocenters. The van der Waals surface area contributed by atoms with Gasteiger partial charge in [-0.2, -0.15) is 4.99 Å². The third-order valence-electron chi connectivity index (χ3n) is 3.77. The zero-order valence-corrected chi connectivity index (χ0v) is 13.0. The van der Waals surface area contributed by atoms with Crippen LogP contribution in [0, 0.1) is 0 Å². The van der Waals surface area contributed by atoms with Crippen molar-refractivity contribution < 1.29 is 4.74 Å². The molecule has 1 N–H and O–H groups in total. The lowest BCUT2D eigenvalue weighted by Gasteiger charge is -2.35. The third kappa shape index (κ3) is 2.03. The number of amidine groups is 1. The molecule has 0 amide bonds. The molecule has 0 aliphatic carbocycles. The van der Waals surface area contributed by atoms with Crippen molar-refractivity contribution in [1.82, 2.24) is 0 Å². The molecule has 4 heteroatoms. The van der Waals surface area contributed by atoms with Crippen LogP contribution in [0.25, 0.3) is 0 Å². The average molecular weight is 293 g/mol. The van der Waals surface area contributed by atoms with E-state index >= 15 is 0 Å². The van der Waals surface area contributed by atoms with E-state index in [0.29, 0.717) is 6.02 Å². The second-order valence-electron chi connectivity index (χ2n) is 6.60. The molecule has 112 valence electrons. The molecule has 0 radical (unpaired) electrons. The molecule has 0 spiro atoms. The highest BCUT2D eigenvalue weighted by Crippen LogP contribution is 2.46. The minimum atomic E-state index is -0.298. The summed E-state index contributed by atoms with van der Waals surface area (Å²) in [5.41, 5.74) is 4.04. The van der Waals surface area contributed by atoms with Gasteiger partial charge in [-0.05, 0) is 39.0 Å². The highest BCUT2D eigenvalue weighted by atomic mass is 16.5. The molecule has 1 unspecified atom stereocenters. The molecule has 2 aromatic rings. The molecule has 0 aromatic heterocycles. The van der Waals surface area contributed by atoms with Gasteiger partial charge in [0.25, 0.3) is 6.02 Å². The van der Waals surface area contributed by atoms with E-state index in [1.807, 2.05) is 51.1 Å². The van der Waals surface area contributed by atoms with Crippen LogP contribution in [-0.2, 0) is 4.74 Å². The van der Waals surface area contributed by atoms with E-state index < -0.39 is 0 Å². The van der Waals surface area contributed by atoms with E-state index in [0.717, 1.165) is 17.1 Å². The molecule has 4 nitrogen and oxygen atoms in total. The van der Waals surface area contributed by atoms with Crippen LogP contribution in [-0.4, -0.2) is 11.6 Å². The monoisotopic (exact) mass is 293 g/mol. The first-order valence-electron chi connectivity index (χ1n) is 7.54. The maximum atomic E-state index is 6.14. The van der Waals surface area contributed by atoms with Crippen LogP contribution in [0.1, 0.15) is 32.5 Å². The fraction of sp³-hybridized carbons (Fsp3) is 0.278. The van der Waals surface area contributed by atoms with E-state index in [1.165, 1.54) is 5.56 Å². The molecule has 2 aliphatic heterocycles. The Morgan fingerprint density at radius 1 is 1.05 bits per heavy atom. The van der Waals surface area contributed by atoms with Crippen molar-refractivity contribution in [3.05, 3.63) is 54.1 Å². The Morgan fingerprint density at radius 2 is 1.77 bits per heavy atom. The number of benzene rings is 2. The van der Waals surface area contributed by atoms with Gasteiger partial charge in [-0.3, -0.25) is 4.90 Å².